The summed E-state index contributed by atoms with van der Waals surface area (Å²) in [7, 11) is 0. The van der Waals surface area contributed by atoms with Gasteiger partial charge >= 0.3 is 6.18 Å². The molecule has 0 saturated heterocycles. The fraction of sp³-hybridized carbons (Fsp3) is 0.125. The summed E-state index contributed by atoms with van der Waals surface area (Å²) < 4.78 is 53.6. The molecule has 0 atom stereocenters. The van der Waals surface area contributed by atoms with Crippen LogP contribution in [-0.2, 0) is 6.18 Å². The van der Waals surface area contributed by atoms with Crippen molar-refractivity contribution in [3.05, 3.63) is 63.9 Å². The highest BCUT2D eigenvalue weighted by molar-refractivity contribution is 7.80. The molecule has 0 unspecified atom stereocenters. The van der Waals surface area contributed by atoms with Gasteiger partial charge in [-0.05, 0) is 24.3 Å². The molecule has 1 aliphatic rings. The minimum atomic E-state index is -4.64. The smallest absolute Gasteiger partial charge is 0.348 e. The Kier molecular flexibility index (Phi) is 4.31. The second kappa shape index (κ2) is 6.14. The molecule has 1 aliphatic heterocycles. The molecule has 24 heavy (non-hydrogen) atoms. The average Bonchev–Trinajstić information content (AvgIpc) is 2.66. The van der Waals surface area contributed by atoms with Gasteiger partial charge in [0.15, 0.2) is 0 Å². The molecule has 1 N–H and O–H groups in total. The summed E-state index contributed by atoms with van der Waals surface area (Å²) >= 11 is 11.1. The van der Waals surface area contributed by atoms with Crippen LogP contribution in [0.15, 0.2) is 41.4 Å². The molecule has 0 saturated carbocycles. The van der Waals surface area contributed by atoms with Crippen LogP contribution in [0.4, 0.5) is 23.2 Å². The molecule has 2 aromatic rings. The Hall–Kier alpha value is -1.99. The van der Waals surface area contributed by atoms with Gasteiger partial charge in [-0.15, -0.1) is 0 Å². The maximum Gasteiger partial charge on any atom is 0.417 e. The topological polar surface area (TPSA) is 24.4 Å². The quantitative estimate of drug-likeness (QED) is 0.557. The van der Waals surface area contributed by atoms with E-state index in [-0.39, 0.29) is 29.1 Å². The van der Waals surface area contributed by atoms with Crippen molar-refractivity contribution in [2.24, 2.45) is 4.99 Å². The molecular weight excluding hydrogens is 364 g/mol. The van der Waals surface area contributed by atoms with Crippen molar-refractivity contribution in [3.8, 4) is 0 Å². The van der Waals surface area contributed by atoms with E-state index in [0.717, 1.165) is 6.07 Å². The summed E-state index contributed by atoms with van der Waals surface area (Å²) in [6.45, 7) is 0.0192. The van der Waals surface area contributed by atoms with Crippen LogP contribution in [0.5, 0.6) is 0 Å². The molecule has 0 bridgehead atoms. The van der Waals surface area contributed by atoms with Gasteiger partial charge in [0, 0.05) is 16.8 Å². The molecule has 2 aromatic carbocycles. The molecule has 0 radical (unpaired) electrons. The third-order valence-electron chi connectivity index (χ3n) is 3.47. The van der Waals surface area contributed by atoms with Crippen LogP contribution in [0.2, 0.25) is 5.02 Å². The van der Waals surface area contributed by atoms with Crippen molar-refractivity contribution in [2.75, 3.05) is 11.9 Å². The van der Waals surface area contributed by atoms with E-state index in [1.54, 1.807) is 6.07 Å². The number of thiocarbonyl (C=S) groups is 1. The minimum absolute atomic E-state index is 0.0172. The number of nitrogens with one attached hydrogen (secondary N) is 1. The van der Waals surface area contributed by atoms with Gasteiger partial charge in [-0.1, -0.05) is 36.0 Å². The monoisotopic (exact) mass is 372 g/mol. The molecule has 0 amide bonds. The van der Waals surface area contributed by atoms with Gasteiger partial charge in [0.25, 0.3) is 0 Å². The molecule has 0 fully saturated rings. The molecule has 2 nitrogen and oxygen atoms in total. The lowest BCUT2D eigenvalue weighted by Crippen LogP contribution is -2.14. The van der Waals surface area contributed by atoms with Crippen LogP contribution in [0.3, 0.4) is 0 Å². The number of rotatable bonds is 1. The van der Waals surface area contributed by atoms with Gasteiger partial charge in [0.05, 0.1) is 22.8 Å². The second-order valence-electron chi connectivity index (χ2n) is 5.04. The lowest BCUT2D eigenvalue weighted by atomic mass is 9.97. The van der Waals surface area contributed by atoms with E-state index in [0.29, 0.717) is 4.99 Å². The number of anilines is 1. The van der Waals surface area contributed by atoms with Crippen LogP contribution >= 0.6 is 23.8 Å². The summed E-state index contributed by atoms with van der Waals surface area (Å²) in [5, 5.41) is 2.26. The third kappa shape index (κ3) is 3.01. The third-order valence-corrected chi connectivity index (χ3v) is 4.09. The van der Waals surface area contributed by atoms with Crippen molar-refractivity contribution in [1.29, 1.82) is 0 Å². The second-order valence-corrected chi connectivity index (χ2v) is 5.91. The van der Waals surface area contributed by atoms with Crippen molar-refractivity contribution < 1.29 is 17.6 Å². The van der Waals surface area contributed by atoms with E-state index in [2.05, 4.69) is 10.3 Å². The summed E-state index contributed by atoms with van der Waals surface area (Å²) in [4.78, 5) is 4.49. The summed E-state index contributed by atoms with van der Waals surface area (Å²) in [5.74, 6) is -0.608. The molecule has 0 aromatic heterocycles. The average molecular weight is 373 g/mol. The van der Waals surface area contributed by atoms with Crippen LogP contribution < -0.4 is 5.32 Å². The Morgan fingerprint density at radius 3 is 2.50 bits per heavy atom. The first kappa shape index (κ1) is 16.9. The Morgan fingerprint density at radius 1 is 1.12 bits per heavy atom. The van der Waals surface area contributed by atoms with Crippen LogP contribution in [0.25, 0.3) is 0 Å². The lowest BCUT2D eigenvalue weighted by Gasteiger charge is -2.17. The van der Waals surface area contributed by atoms with Crippen LogP contribution in [0, 0.1) is 5.82 Å². The Morgan fingerprint density at radius 2 is 1.83 bits per heavy atom. The van der Waals surface area contributed by atoms with E-state index in [4.69, 9.17) is 23.8 Å². The van der Waals surface area contributed by atoms with Gasteiger partial charge in [0.2, 0.25) is 0 Å². The first-order chi connectivity index (χ1) is 11.3. The van der Waals surface area contributed by atoms with Gasteiger partial charge in [-0.2, -0.15) is 13.2 Å². The van der Waals surface area contributed by atoms with Gasteiger partial charge in [-0.25, -0.2) is 4.39 Å². The minimum Gasteiger partial charge on any atom is -0.348 e. The zero-order chi connectivity index (χ0) is 17.5. The predicted octanol–water partition coefficient (Wildman–Crippen LogP) is 5.09. The number of halogens is 5. The SMILES string of the molecule is Fc1ccccc1C1=NCC(=S)Nc2ccc(C(F)(F)F)c(Cl)c21. The van der Waals surface area contributed by atoms with Crippen LogP contribution in [0.1, 0.15) is 16.7 Å². The zero-order valence-corrected chi connectivity index (χ0v) is 13.5. The highest BCUT2D eigenvalue weighted by atomic mass is 35.5. The van der Waals surface area contributed by atoms with Crippen LogP contribution in [-0.4, -0.2) is 17.2 Å². The predicted molar refractivity (Wildman–Crippen MR) is 89.6 cm³/mol. The Labute approximate surface area is 145 Å². The Bertz CT molecular complexity index is 862. The standard InChI is InChI=1S/C16H9ClF4N2S/c17-14-9(16(19,20)21)5-6-11-13(14)15(22-7-12(24)23-11)8-3-1-2-4-10(8)18/h1-6H,7H2,(H,23,24). The molecule has 1 heterocycles. The fourth-order valence-electron chi connectivity index (χ4n) is 2.42. The van der Waals surface area contributed by atoms with Gasteiger partial charge < -0.3 is 5.32 Å². The normalized spacial score (nSPS) is 14.5. The first-order valence-electron chi connectivity index (χ1n) is 6.78. The number of aliphatic imine (C=N–C) groups is 1. The van der Waals surface area contributed by atoms with Crippen molar-refractivity contribution in [2.45, 2.75) is 6.18 Å². The van der Waals surface area contributed by atoms with Crippen molar-refractivity contribution >= 4 is 40.2 Å². The van der Waals surface area contributed by atoms with E-state index < -0.39 is 22.6 Å². The largest absolute Gasteiger partial charge is 0.417 e. The maximum absolute atomic E-state index is 14.2. The fourth-order valence-corrected chi connectivity index (χ4v) is 2.96. The highest BCUT2D eigenvalue weighted by Gasteiger charge is 2.36. The lowest BCUT2D eigenvalue weighted by molar-refractivity contribution is -0.137. The molecule has 3 rings (SSSR count). The van der Waals surface area contributed by atoms with E-state index in [1.807, 2.05) is 0 Å². The number of hydrogen-bond donors (Lipinski definition) is 1. The number of benzene rings is 2. The molecule has 0 spiro atoms. The van der Waals surface area contributed by atoms with Gasteiger partial charge in [-0.3, -0.25) is 4.99 Å². The van der Waals surface area contributed by atoms with Gasteiger partial charge in [0.1, 0.15) is 10.8 Å². The molecule has 8 heteroatoms. The summed E-state index contributed by atoms with van der Waals surface area (Å²) in [6, 6.07) is 7.77. The van der Waals surface area contributed by atoms with Crippen molar-refractivity contribution in [3.63, 3.8) is 0 Å². The number of benzodiazepines with no additional fused rings is 1. The molecule has 124 valence electrons. The van der Waals surface area contributed by atoms with E-state index in [1.165, 1.54) is 24.3 Å². The molecular formula is C16H9ClF4N2S. The van der Waals surface area contributed by atoms with Crippen molar-refractivity contribution in [1.82, 2.24) is 0 Å². The zero-order valence-electron chi connectivity index (χ0n) is 11.9. The maximum atomic E-state index is 14.2. The number of hydrogen-bond acceptors (Lipinski definition) is 2. The first-order valence-corrected chi connectivity index (χ1v) is 7.57. The van der Waals surface area contributed by atoms with E-state index >= 15 is 0 Å². The summed E-state index contributed by atoms with van der Waals surface area (Å²) in [5.41, 5.74) is -0.673. The van der Waals surface area contributed by atoms with E-state index in [9.17, 15) is 17.6 Å². The number of nitrogens with zero attached hydrogens (tertiary/aromatic N) is 1. The highest BCUT2D eigenvalue weighted by Crippen LogP contribution is 2.40. The molecule has 0 aliphatic carbocycles. The number of alkyl halides is 3. The summed E-state index contributed by atoms with van der Waals surface area (Å²) in [6.07, 6.45) is -4.64. The number of fused-ring (bicyclic) bond motifs is 1. The Balaban J connectivity index is 2.31.